The molecule has 0 saturated carbocycles. The van der Waals surface area contributed by atoms with Gasteiger partial charge in [0.1, 0.15) is 30.0 Å². The van der Waals surface area contributed by atoms with Gasteiger partial charge in [-0.1, -0.05) is 60.7 Å². The monoisotopic (exact) mass is 474 g/mol. The summed E-state index contributed by atoms with van der Waals surface area (Å²) >= 11 is 0. The Morgan fingerprint density at radius 1 is 0.722 bits per heavy atom. The molecule has 0 radical (unpaired) electrons. The van der Waals surface area contributed by atoms with Crippen molar-refractivity contribution < 1.29 is 9.47 Å². The fraction of sp³-hybridized carbons (Fsp3) is 0.100. The zero-order chi connectivity index (χ0) is 24.7. The molecule has 0 spiro atoms. The van der Waals surface area contributed by atoms with Gasteiger partial charge in [0.05, 0.1) is 19.9 Å². The van der Waals surface area contributed by atoms with Crippen LogP contribution in [0.25, 0.3) is 33.2 Å². The number of hydrogen-bond donors (Lipinski definition) is 1. The average molecular weight is 475 g/mol. The van der Waals surface area contributed by atoms with Gasteiger partial charge in [0, 0.05) is 23.4 Å². The molecule has 1 aliphatic rings. The average Bonchev–Trinajstić information content (AvgIpc) is 2.97. The number of fused-ring (bicyclic) bond motifs is 2. The van der Waals surface area contributed by atoms with Crippen molar-refractivity contribution in [2.24, 2.45) is 4.99 Å². The number of methoxy groups -OCH3 is 2. The largest absolute Gasteiger partial charge is 0.495 e. The van der Waals surface area contributed by atoms with Crippen LogP contribution in [0.1, 0.15) is 5.56 Å². The topological polar surface area (TPSA) is 68.6 Å². The Labute approximate surface area is 210 Å². The molecule has 0 fully saturated rings. The summed E-state index contributed by atoms with van der Waals surface area (Å²) in [6.07, 6.45) is 5.23. The standard InChI is InChI=1S/C15H14N2O.C15H12N2O/c2*1-18-14-8-12(11-5-3-2-4-6-11)7-13-9-16-10-17-15(13)14/h2-9,17H,10H2,1H3;2-10H,1H3. The van der Waals surface area contributed by atoms with E-state index in [1.54, 1.807) is 20.4 Å². The highest BCUT2D eigenvalue weighted by Gasteiger charge is 2.13. The molecule has 178 valence electrons. The first-order valence-corrected chi connectivity index (χ1v) is 11.6. The minimum atomic E-state index is 0.605. The van der Waals surface area contributed by atoms with Crippen molar-refractivity contribution in [2.45, 2.75) is 0 Å². The third-order valence-electron chi connectivity index (χ3n) is 5.94. The van der Waals surface area contributed by atoms with Crippen LogP contribution in [-0.4, -0.2) is 37.1 Å². The Hall–Kier alpha value is -4.71. The SMILES string of the molecule is COc1cc(-c2ccccc2)cc2c1NCN=C2.COc1cc(-c2ccccc2)cc2cncnc12. The zero-order valence-electron chi connectivity index (χ0n) is 20.2. The molecule has 0 atom stereocenters. The second kappa shape index (κ2) is 10.7. The van der Waals surface area contributed by atoms with Gasteiger partial charge in [-0.05, 0) is 46.5 Å². The van der Waals surface area contributed by atoms with E-state index < -0.39 is 0 Å². The first-order chi connectivity index (χ1) is 17.8. The summed E-state index contributed by atoms with van der Waals surface area (Å²) in [7, 11) is 3.35. The molecule has 36 heavy (non-hydrogen) atoms. The lowest BCUT2D eigenvalue weighted by Crippen LogP contribution is -2.09. The Bertz CT molecular complexity index is 1500. The van der Waals surface area contributed by atoms with Crippen LogP contribution in [-0.2, 0) is 0 Å². The number of anilines is 1. The molecule has 6 rings (SSSR count). The number of nitrogens with zero attached hydrogens (tertiary/aromatic N) is 3. The van der Waals surface area contributed by atoms with Crippen molar-refractivity contribution >= 4 is 22.8 Å². The first kappa shape index (κ1) is 23.1. The molecule has 1 aliphatic heterocycles. The van der Waals surface area contributed by atoms with Crippen molar-refractivity contribution in [3.05, 3.63) is 103 Å². The number of nitrogens with one attached hydrogen (secondary N) is 1. The van der Waals surface area contributed by atoms with Crippen LogP contribution in [0.4, 0.5) is 5.69 Å². The Balaban J connectivity index is 0.000000148. The van der Waals surface area contributed by atoms with E-state index in [1.165, 1.54) is 11.9 Å². The van der Waals surface area contributed by atoms with Crippen LogP contribution < -0.4 is 14.8 Å². The van der Waals surface area contributed by atoms with Crippen LogP contribution in [0.2, 0.25) is 0 Å². The number of aliphatic imine (C=N–C) groups is 1. The van der Waals surface area contributed by atoms with E-state index in [0.717, 1.165) is 50.3 Å². The van der Waals surface area contributed by atoms with E-state index in [0.29, 0.717) is 6.67 Å². The summed E-state index contributed by atoms with van der Waals surface area (Å²) in [5.41, 5.74) is 7.51. The maximum Gasteiger partial charge on any atom is 0.145 e. The number of hydrogen-bond acceptors (Lipinski definition) is 6. The number of aromatic nitrogens is 2. The quantitative estimate of drug-likeness (QED) is 0.323. The molecular formula is C30H26N4O2. The maximum atomic E-state index is 5.45. The van der Waals surface area contributed by atoms with Crippen LogP contribution >= 0.6 is 0 Å². The molecule has 5 aromatic rings. The minimum Gasteiger partial charge on any atom is -0.495 e. The minimum absolute atomic E-state index is 0.605. The van der Waals surface area contributed by atoms with Crippen molar-refractivity contribution in [2.75, 3.05) is 26.2 Å². The summed E-state index contributed by atoms with van der Waals surface area (Å²) in [5, 5.41) is 4.22. The van der Waals surface area contributed by atoms with Gasteiger partial charge in [-0.15, -0.1) is 0 Å². The van der Waals surface area contributed by atoms with Crippen LogP contribution in [0.15, 0.2) is 102 Å². The van der Waals surface area contributed by atoms with Gasteiger partial charge < -0.3 is 14.8 Å². The van der Waals surface area contributed by atoms with Crippen molar-refractivity contribution in [1.82, 2.24) is 9.97 Å². The predicted molar refractivity (Wildman–Crippen MR) is 146 cm³/mol. The van der Waals surface area contributed by atoms with Crippen LogP contribution in [0.3, 0.4) is 0 Å². The van der Waals surface area contributed by atoms with Crippen LogP contribution in [0.5, 0.6) is 11.5 Å². The fourth-order valence-corrected chi connectivity index (χ4v) is 4.18. The Morgan fingerprint density at radius 2 is 1.36 bits per heavy atom. The normalized spacial score (nSPS) is 11.6. The number of rotatable bonds is 4. The third kappa shape index (κ3) is 4.88. The summed E-state index contributed by atoms with van der Waals surface area (Å²) in [5.74, 6) is 1.63. The van der Waals surface area contributed by atoms with Crippen molar-refractivity contribution in [3.63, 3.8) is 0 Å². The van der Waals surface area contributed by atoms with E-state index in [1.807, 2.05) is 48.7 Å². The highest BCUT2D eigenvalue weighted by molar-refractivity contribution is 5.94. The zero-order valence-corrected chi connectivity index (χ0v) is 20.2. The van der Waals surface area contributed by atoms with Crippen molar-refractivity contribution in [3.8, 4) is 33.8 Å². The highest BCUT2D eigenvalue weighted by Crippen LogP contribution is 2.35. The molecule has 4 aromatic carbocycles. The lowest BCUT2D eigenvalue weighted by molar-refractivity contribution is 0.416. The van der Waals surface area contributed by atoms with Gasteiger partial charge in [-0.3, -0.25) is 4.99 Å². The number of benzene rings is 4. The summed E-state index contributed by atoms with van der Waals surface area (Å²) in [4.78, 5) is 12.5. The molecule has 0 aliphatic carbocycles. The molecule has 0 amide bonds. The third-order valence-corrected chi connectivity index (χ3v) is 5.94. The lowest BCUT2D eigenvalue weighted by Gasteiger charge is -2.17. The molecule has 0 unspecified atom stereocenters. The Morgan fingerprint density at radius 3 is 2.03 bits per heavy atom. The molecule has 0 bridgehead atoms. The van der Waals surface area contributed by atoms with E-state index >= 15 is 0 Å². The second-order valence-corrected chi connectivity index (χ2v) is 8.16. The van der Waals surface area contributed by atoms with Gasteiger partial charge in [0.2, 0.25) is 0 Å². The molecule has 6 nitrogen and oxygen atoms in total. The van der Waals surface area contributed by atoms with E-state index in [4.69, 9.17) is 9.47 Å². The van der Waals surface area contributed by atoms with Gasteiger partial charge in [0.25, 0.3) is 0 Å². The lowest BCUT2D eigenvalue weighted by atomic mass is 10.0. The van der Waals surface area contributed by atoms with Crippen molar-refractivity contribution in [1.29, 1.82) is 0 Å². The molecule has 1 N–H and O–H groups in total. The molecule has 6 heteroatoms. The molecule has 2 heterocycles. The predicted octanol–water partition coefficient (Wildman–Crippen LogP) is 6.47. The first-order valence-electron chi connectivity index (χ1n) is 11.6. The van der Waals surface area contributed by atoms with Gasteiger partial charge in [0.15, 0.2) is 0 Å². The van der Waals surface area contributed by atoms with Gasteiger partial charge >= 0.3 is 0 Å². The Kier molecular flexibility index (Phi) is 6.85. The molecule has 1 aromatic heterocycles. The van der Waals surface area contributed by atoms with E-state index in [-0.39, 0.29) is 0 Å². The van der Waals surface area contributed by atoms with E-state index in [2.05, 4.69) is 62.7 Å². The molecular weight excluding hydrogens is 448 g/mol. The van der Waals surface area contributed by atoms with Gasteiger partial charge in [-0.25, -0.2) is 9.97 Å². The fourth-order valence-electron chi connectivity index (χ4n) is 4.18. The van der Waals surface area contributed by atoms with Gasteiger partial charge in [-0.2, -0.15) is 0 Å². The molecule has 0 saturated heterocycles. The summed E-state index contributed by atoms with van der Waals surface area (Å²) in [6, 6.07) is 28.7. The summed E-state index contributed by atoms with van der Waals surface area (Å²) < 4.78 is 10.8. The maximum absolute atomic E-state index is 5.45. The number of ether oxygens (including phenoxy) is 2. The van der Waals surface area contributed by atoms with E-state index in [9.17, 15) is 0 Å². The highest BCUT2D eigenvalue weighted by atomic mass is 16.5. The smallest absolute Gasteiger partial charge is 0.145 e. The summed E-state index contributed by atoms with van der Waals surface area (Å²) in [6.45, 7) is 0.605. The van der Waals surface area contributed by atoms with Crippen LogP contribution in [0, 0.1) is 0 Å². The second-order valence-electron chi connectivity index (χ2n) is 8.16.